The maximum atomic E-state index is 12.6. The molecule has 1 N–H and O–H groups in total. The Morgan fingerprint density at radius 3 is 2.38 bits per heavy atom. The standard InChI is InChI=1S/C14H22N2O7S/c1-14(2,3)23-13(20)15-6-4-5-10(15)12(19)16-9(7-11(17)18)8-24(16,21)22/h9-10H,4-8H2,1-3H3,(H,17,18)/t9?,10-/m0/s1. The largest absolute Gasteiger partial charge is 0.481 e. The van der Waals surface area contributed by atoms with Crippen LogP contribution in [0.3, 0.4) is 0 Å². The molecular formula is C14H22N2O7S. The fraction of sp³-hybridized carbons (Fsp3) is 0.786. The molecule has 2 amide bonds. The Bertz CT molecular complexity index is 653. The molecule has 1 unspecified atom stereocenters. The number of likely N-dealkylation sites (tertiary alicyclic amines) is 1. The van der Waals surface area contributed by atoms with E-state index in [1.807, 2.05) is 0 Å². The zero-order valence-corrected chi connectivity index (χ0v) is 14.7. The highest BCUT2D eigenvalue weighted by Gasteiger charge is 2.51. The molecule has 136 valence electrons. The molecule has 0 aliphatic carbocycles. The molecule has 2 aliphatic rings. The van der Waals surface area contributed by atoms with E-state index in [-0.39, 0.29) is 5.75 Å². The Kier molecular flexibility index (Phi) is 4.80. The first kappa shape index (κ1) is 18.5. The number of carboxylic acid groups (broad SMARTS) is 1. The van der Waals surface area contributed by atoms with Gasteiger partial charge in [-0.2, -0.15) is 0 Å². The van der Waals surface area contributed by atoms with Gasteiger partial charge in [0.15, 0.2) is 0 Å². The Morgan fingerprint density at radius 2 is 1.88 bits per heavy atom. The smallest absolute Gasteiger partial charge is 0.410 e. The van der Waals surface area contributed by atoms with Crippen LogP contribution in [0, 0.1) is 0 Å². The van der Waals surface area contributed by atoms with Crippen molar-refractivity contribution >= 4 is 28.0 Å². The minimum absolute atomic E-state index is 0.294. The van der Waals surface area contributed by atoms with Gasteiger partial charge in [0.25, 0.3) is 5.91 Å². The molecule has 0 aromatic carbocycles. The van der Waals surface area contributed by atoms with Gasteiger partial charge in [-0.05, 0) is 33.6 Å². The minimum atomic E-state index is -3.80. The maximum absolute atomic E-state index is 12.6. The fourth-order valence-corrected chi connectivity index (χ4v) is 4.56. The van der Waals surface area contributed by atoms with Crippen molar-refractivity contribution in [3.8, 4) is 0 Å². The highest BCUT2D eigenvalue weighted by atomic mass is 32.2. The van der Waals surface area contributed by atoms with Crippen LogP contribution in [0.2, 0.25) is 0 Å². The van der Waals surface area contributed by atoms with Gasteiger partial charge < -0.3 is 9.84 Å². The molecule has 9 nitrogen and oxygen atoms in total. The van der Waals surface area contributed by atoms with E-state index in [1.165, 1.54) is 4.90 Å². The van der Waals surface area contributed by atoms with Crippen molar-refractivity contribution in [2.45, 2.75) is 57.7 Å². The van der Waals surface area contributed by atoms with E-state index < -0.39 is 52.1 Å². The van der Waals surface area contributed by atoms with Crippen LogP contribution in [-0.2, 0) is 24.3 Å². The van der Waals surface area contributed by atoms with Crippen LogP contribution in [0.4, 0.5) is 4.79 Å². The fourth-order valence-electron chi connectivity index (χ4n) is 2.90. The lowest BCUT2D eigenvalue weighted by molar-refractivity contribution is -0.140. The lowest BCUT2D eigenvalue weighted by Gasteiger charge is -2.41. The average molecular weight is 362 g/mol. The molecular weight excluding hydrogens is 340 g/mol. The molecule has 0 saturated carbocycles. The van der Waals surface area contributed by atoms with Gasteiger partial charge in [-0.1, -0.05) is 0 Å². The summed E-state index contributed by atoms with van der Waals surface area (Å²) in [5.74, 6) is -2.30. The van der Waals surface area contributed by atoms with Crippen LogP contribution >= 0.6 is 0 Å². The maximum Gasteiger partial charge on any atom is 0.410 e. The van der Waals surface area contributed by atoms with Gasteiger partial charge in [-0.25, -0.2) is 17.5 Å². The highest BCUT2D eigenvalue weighted by Crippen LogP contribution is 2.30. The summed E-state index contributed by atoms with van der Waals surface area (Å²) in [7, 11) is -3.80. The second-order valence-corrected chi connectivity index (χ2v) is 8.89. The summed E-state index contributed by atoms with van der Waals surface area (Å²) in [6, 6.07) is -1.83. The molecule has 0 radical (unpaired) electrons. The third-order valence-electron chi connectivity index (χ3n) is 3.83. The van der Waals surface area contributed by atoms with E-state index in [4.69, 9.17) is 9.84 Å². The Labute approximate surface area is 140 Å². The van der Waals surface area contributed by atoms with Crippen LogP contribution in [-0.4, -0.2) is 70.7 Å². The number of carboxylic acids is 1. The Balaban J connectivity index is 2.15. The van der Waals surface area contributed by atoms with Crippen LogP contribution in [0.5, 0.6) is 0 Å². The molecule has 0 bridgehead atoms. The van der Waals surface area contributed by atoms with Crippen molar-refractivity contribution < 1.29 is 32.6 Å². The number of carbonyl (C=O) groups excluding carboxylic acids is 2. The molecule has 24 heavy (non-hydrogen) atoms. The first-order valence-electron chi connectivity index (χ1n) is 7.70. The summed E-state index contributed by atoms with van der Waals surface area (Å²) in [6.45, 7) is 5.38. The average Bonchev–Trinajstić information content (AvgIpc) is 2.83. The third-order valence-corrected chi connectivity index (χ3v) is 5.71. The normalized spacial score (nSPS) is 26.0. The molecule has 0 aromatic heterocycles. The van der Waals surface area contributed by atoms with Gasteiger partial charge in [-0.15, -0.1) is 0 Å². The minimum Gasteiger partial charge on any atom is -0.481 e. The number of hydrogen-bond acceptors (Lipinski definition) is 6. The van der Waals surface area contributed by atoms with Crippen molar-refractivity contribution in [2.75, 3.05) is 12.3 Å². The molecule has 10 heteroatoms. The molecule has 0 spiro atoms. The van der Waals surface area contributed by atoms with Gasteiger partial charge in [-0.3, -0.25) is 14.5 Å². The second-order valence-electron chi connectivity index (χ2n) is 7.00. The number of sulfonamides is 1. The molecule has 2 saturated heterocycles. The monoisotopic (exact) mass is 362 g/mol. The van der Waals surface area contributed by atoms with E-state index in [1.54, 1.807) is 20.8 Å². The number of carbonyl (C=O) groups is 3. The summed E-state index contributed by atoms with van der Waals surface area (Å²) >= 11 is 0. The lowest BCUT2D eigenvalue weighted by Crippen LogP contribution is -2.63. The lowest BCUT2D eigenvalue weighted by atomic mass is 10.1. The summed E-state index contributed by atoms with van der Waals surface area (Å²) in [6.07, 6.45) is -0.243. The SMILES string of the molecule is CC(C)(C)OC(=O)N1CCC[C@H]1C(=O)N1C(CC(=O)O)CS1(=O)=O. The van der Waals surface area contributed by atoms with E-state index in [2.05, 4.69) is 0 Å². The van der Waals surface area contributed by atoms with Gasteiger partial charge in [0.2, 0.25) is 10.0 Å². The van der Waals surface area contributed by atoms with E-state index in [0.717, 1.165) is 0 Å². The first-order valence-corrected chi connectivity index (χ1v) is 9.30. The third kappa shape index (κ3) is 3.80. The Morgan fingerprint density at radius 1 is 1.25 bits per heavy atom. The molecule has 2 rings (SSSR count). The first-order chi connectivity index (χ1) is 10.9. The Hall–Kier alpha value is -1.84. The summed E-state index contributed by atoms with van der Waals surface area (Å²) in [4.78, 5) is 36.9. The van der Waals surface area contributed by atoms with Crippen molar-refractivity contribution in [1.82, 2.24) is 9.21 Å². The van der Waals surface area contributed by atoms with Crippen LogP contribution in [0.15, 0.2) is 0 Å². The van der Waals surface area contributed by atoms with E-state index in [9.17, 15) is 22.8 Å². The summed E-state index contributed by atoms with van der Waals surface area (Å²) < 4.78 is 29.7. The number of hydrogen-bond donors (Lipinski definition) is 1. The predicted molar refractivity (Wildman–Crippen MR) is 82.6 cm³/mol. The zero-order chi connectivity index (χ0) is 18.3. The van der Waals surface area contributed by atoms with Gasteiger partial charge in [0.05, 0.1) is 18.2 Å². The van der Waals surface area contributed by atoms with Crippen LogP contribution in [0.1, 0.15) is 40.0 Å². The topological polar surface area (TPSA) is 121 Å². The highest BCUT2D eigenvalue weighted by molar-refractivity contribution is 7.91. The molecule has 2 aliphatic heterocycles. The predicted octanol–water partition coefficient (Wildman–Crippen LogP) is 0.401. The molecule has 2 atom stereocenters. The van der Waals surface area contributed by atoms with Gasteiger partial charge in [0, 0.05) is 6.54 Å². The molecule has 0 aromatic rings. The quantitative estimate of drug-likeness (QED) is 0.771. The number of amides is 2. The number of aliphatic carboxylic acids is 1. The van der Waals surface area contributed by atoms with Crippen LogP contribution in [0.25, 0.3) is 0 Å². The van der Waals surface area contributed by atoms with Gasteiger partial charge in [0.1, 0.15) is 11.6 Å². The van der Waals surface area contributed by atoms with E-state index in [0.29, 0.717) is 23.7 Å². The number of rotatable bonds is 3. The number of ether oxygens (including phenoxy) is 1. The zero-order valence-electron chi connectivity index (χ0n) is 13.9. The van der Waals surface area contributed by atoms with Gasteiger partial charge >= 0.3 is 12.1 Å². The summed E-state index contributed by atoms with van der Waals surface area (Å²) in [5.41, 5.74) is -0.734. The second kappa shape index (κ2) is 6.23. The van der Waals surface area contributed by atoms with E-state index >= 15 is 0 Å². The van der Waals surface area contributed by atoms with Crippen molar-refractivity contribution in [1.29, 1.82) is 0 Å². The molecule has 2 heterocycles. The van der Waals surface area contributed by atoms with Crippen molar-refractivity contribution in [3.05, 3.63) is 0 Å². The summed E-state index contributed by atoms with van der Waals surface area (Å²) in [5, 5.41) is 8.83. The number of nitrogens with zero attached hydrogens (tertiary/aromatic N) is 2. The molecule has 2 fully saturated rings. The van der Waals surface area contributed by atoms with Crippen molar-refractivity contribution in [2.24, 2.45) is 0 Å². The van der Waals surface area contributed by atoms with Crippen molar-refractivity contribution in [3.63, 3.8) is 0 Å². The van der Waals surface area contributed by atoms with Crippen LogP contribution < -0.4 is 0 Å².